The van der Waals surface area contributed by atoms with Gasteiger partial charge in [0.25, 0.3) is 0 Å². The highest BCUT2D eigenvalue weighted by Crippen LogP contribution is 2.35. The molecule has 2 aliphatic rings. The van der Waals surface area contributed by atoms with Crippen LogP contribution in [0.4, 0.5) is 0 Å². The Hall–Kier alpha value is -2.18. The highest BCUT2D eigenvalue weighted by Gasteiger charge is 2.36. The van der Waals surface area contributed by atoms with Gasteiger partial charge in [-0.25, -0.2) is 21.6 Å². The molecule has 1 saturated heterocycles. The van der Waals surface area contributed by atoms with Gasteiger partial charge in [-0.2, -0.15) is 4.31 Å². The predicted molar refractivity (Wildman–Crippen MR) is 144 cm³/mol. The van der Waals surface area contributed by atoms with Crippen molar-refractivity contribution in [3.05, 3.63) is 48.0 Å². The van der Waals surface area contributed by atoms with Crippen LogP contribution in [0.5, 0.6) is 11.5 Å². The summed E-state index contributed by atoms with van der Waals surface area (Å²) < 4.78 is 74.0. The zero-order valence-corrected chi connectivity index (χ0v) is 23.9. The van der Waals surface area contributed by atoms with Gasteiger partial charge in [-0.15, -0.1) is 0 Å². The van der Waals surface area contributed by atoms with E-state index in [1.807, 2.05) is 6.07 Å². The first-order valence-electron chi connectivity index (χ1n) is 13.1. The molecule has 2 aromatic carbocycles. The van der Waals surface area contributed by atoms with Gasteiger partial charge in [0.2, 0.25) is 20.0 Å². The van der Waals surface area contributed by atoms with Gasteiger partial charge in [-0.1, -0.05) is 25.8 Å². The summed E-state index contributed by atoms with van der Waals surface area (Å²) >= 11 is 0. The lowest BCUT2D eigenvalue weighted by Gasteiger charge is -2.38. The summed E-state index contributed by atoms with van der Waals surface area (Å²) in [5.74, 6) is 1.30. The number of hydrogen-bond acceptors (Lipinski definition) is 7. The first-order chi connectivity index (χ1) is 18.2. The minimum Gasteiger partial charge on any atom is -0.493 e. The van der Waals surface area contributed by atoms with E-state index < -0.39 is 20.0 Å². The van der Waals surface area contributed by atoms with Crippen molar-refractivity contribution >= 4 is 20.0 Å². The van der Waals surface area contributed by atoms with E-state index in [2.05, 4.69) is 11.6 Å². The summed E-state index contributed by atoms with van der Waals surface area (Å²) in [6.45, 7) is 3.09. The van der Waals surface area contributed by atoms with Crippen LogP contribution < -0.4 is 14.2 Å². The molecule has 2 aromatic rings. The lowest BCUT2D eigenvalue weighted by Crippen LogP contribution is -2.44. The minimum atomic E-state index is -3.93. The summed E-state index contributed by atoms with van der Waals surface area (Å²) in [4.78, 5) is 0.0840. The molecule has 11 heteroatoms. The second-order valence-electron chi connectivity index (χ2n) is 10.0. The number of rotatable bonds is 11. The summed E-state index contributed by atoms with van der Waals surface area (Å²) in [5, 5.41) is 0. The highest BCUT2D eigenvalue weighted by molar-refractivity contribution is 7.89. The lowest BCUT2D eigenvalue weighted by molar-refractivity contribution is 0.114. The molecule has 4 rings (SSSR count). The Morgan fingerprint density at radius 2 is 1.58 bits per heavy atom. The molecule has 0 amide bonds. The van der Waals surface area contributed by atoms with Gasteiger partial charge >= 0.3 is 0 Å². The van der Waals surface area contributed by atoms with Crippen molar-refractivity contribution in [1.29, 1.82) is 0 Å². The van der Waals surface area contributed by atoms with Crippen LogP contribution in [-0.2, 0) is 31.3 Å². The average molecular weight is 567 g/mol. The quantitative estimate of drug-likeness (QED) is 0.439. The number of ether oxygens (including phenoxy) is 3. The number of hydrogen-bond donors (Lipinski definition) is 1. The van der Waals surface area contributed by atoms with E-state index in [1.54, 1.807) is 30.7 Å². The van der Waals surface area contributed by atoms with Gasteiger partial charge in [0, 0.05) is 25.7 Å². The molecular formula is C27H38N2O7S2. The first kappa shape index (κ1) is 28.8. The molecule has 210 valence electrons. The molecular weight excluding hydrogens is 528 g/mol. The van der Waals surface area contributed by atoms with Gasteiger partial charge < -0.3 is 14.2 Å². The Balaban J connectivity index is 1.60. The Morgan fingerprint density at radius 3 is 2.21 bits per heavy atom. The van der Waals surface area contributed by atoms with Gasteiger partial charge in [0.05, 0.1) is 30.1 Å². The van der Waals surface area contributed by atoms with Crippen molar-refractivity contribution in [3.8, 4) is 11.5 Å². The maximum atomic E-state index is 14.0. The molecule has 38 heavy (non-hydrogen) atoms. The molecule has 9 nitrogen and oxygen atoms in total. The fourth-order valence-corrected chi connectivity index (χ4v) is 8.09. The van der Waals surface area contributed by atoms with Crippen LogP contribution >= 0.6 is 0 Å². The van der Waals surface area contributed by atoms with Crippen molar-refractivity contribution in [2.24, 2.45) is 5.92 Å². The van der Waals surface area contributed by atoms with Crippen molar-refractivity contribution < 1.29 is 31.0 Å². The summed E-state index contributed by atoms with van der Waals surface area (Å²) in [7, 11) is -4.61. The number of nitrogens with zero attached hydrogens (tertiary/aromatic N) is 1. The van der Waals surface area contributed by atoms with Crippen LogP contribution in [0.3, 0.4) is 0 Å². The minimum absolute atomic E-state index is 0.0203. The zero-order valence-electron chi connectivity index (χ0n) is 22.3. The third-order valence-electron chi connectivity index (χ3n) is 7.49. The van der Waals surface area contributed by atoms with Crippen LogP contribution in [0, 0.1) is 5.92 Å². The molecule has 3 unspecified atom stereocenters. The molecule has 1 aliphatic heterocycles. The molecule has 0 aromatic heterocycles. The first-order valence-corrected chi connectivity index (χ1v) is 16.0. The van der Waals surface area contributed by atoms with Gasteiger partial charge in [0.15, 0.2) is 11.5 Å². The van der Waals surface area contributed by atoms with Crippen molar-refractivity contribution in [3.63, 3.8) is 0 Å². The fourth-order valence-electron chi connectivity index (χ4n) is 5.28. The van der Waals surface area contributed by atoms with Gasteiger partial charge in [-0.05, 0) is 73.6 Å². The second-order valence-corrected chi connectivity index (χ2v) is 13.7. The fraction of sp³-hybridized carbons (Fsp3) is 0.556. The SMILES string of the molecule is COc1ccc(CN(C2CCCCC2C)S(=O)(=O)c2ccc(S(=O)(=O)NCC3CCCO3)cc2)cc1OC. The van der Waals surface area contributed by atoms with Gasteiger partial charge in [-0.3, -0.25) is 0 Å². The number of methoxy groups -OCH3 is 2. The Kier molecular flexibility index (Phi) is 9.36. The third kappa shape index (κ3) is 6.51. The summed E-state index contributed by atoms with van der Waals surface area (Å²) in [6, 6.07) is 10.7. The molecule has 3 atom stereocenters. The number of nitrogens with one attached hydrogen (secondary N) is 1. The largest absolute Gasteiger partial charge is 0.493 e. The van der Waals surface area contributed by atoms with E-state index in [0.717, 1.165) is 44.1 Å². The molecule has 1 saturated carbocycles. The van der Waals surface area contributed by atoms with Crippen LogP contribution in [-0.4, -0.2) is 60.7 Å². The maximum Gasteiger partial charge on any atom is 0.243 e. The Morgan fingerprint density at radius 1 is 0.895 bits per heavy atom. The number of benzene rings is 2. The van der Waals surface area contributed by atoms with Crippen LogP contribution in [0.1, 0.15) is 51.0 Å². The van der Waals surface area contributed by atoms with E-state index in [9.17, 15) is 16.8 Å². The topological polar surface area (TPSA) is 111 Å². The monoisotopic (exact) mass is 566 g/mol. The normalized spacial score (nSPS) is 22.5. The van der Waals surface area contributed by atoms with Crippen LogP contribution in [0.2, 0.25) is 0 Å². The van der Waals surface area contributed by atoms with Gasteiger partial charge in [0.1, 0.15) is 0 Å². The van der Waals surface area contributed by atoms with Crippen LogP contribution in [0.25, 0.3) is 0 Å². The maximum absolute atomic E-state index is 14.0. The predicted octanol–water partition coefficient (Wildman–Crippen LogP) is 3.93. The standard InChI is InChI=1S/C27H38N2O7S2/c1-20-7-4-5-9-25(20)29(19-21-10-15-26(34-2)27(17-21)35-3)38(32,33)24-13-11-23(12-14-24)37(30,31)28-18-22-8-6-16-36-22/h10-15,17,20,22,25,28H,4-9,16,18-19H2,1-3H3. The van der Waals surface area contributed by atoms with E-state index in [-0.39, 0.29) is 40.9 Å². The number of sulfonamides is 2. The van der Waals surface area contributed by atoms with E-state index in [1.165, 1.54) is 24.3 Å². The van der Waals surface area contributed by atoms with E-state index in [0.29, 0.717) is 18.1 Å². The van der Waals surface area contributed by atoms with Crippen molar-refractivity contribution in [2.45, 2.75) is 73.9 Å². The zero-order chi connectivity index (χ0) is 27.3. The molecule has 0 spiro atoms. The lowest BCUT2D eigenvalue weighted by atomic mass is 9.86. The molecule has 0 radical (unpaired) electrons. The van der Waals surface area contributed by atoms with Crippen molar-refractivity contribution in [2.75, 3.05) is 27.4 Å². The van der Waals surface area contributed by atoms with Crippen LogP contribution in [0.15, 0.2) is 52.3 Å². The molecule has 0 bridgehead atoms. The Labute approximate surface area is 226 Å². The smallest absolute Gasteiger partial charge is 0.243 e. The highest BCUT2D eigenvalue weighted by atomic mass is 32.2. The van der Waals surface area contributed by atoms with E-state index >= 15 is 0 Å². The average Bonchev–Trinajstić information content (AvgIpc) is 3.45. The summed E-state index contributed by atoms with van der Waals surface area (Å²) in [5.41, 5.74) is 0.779. The molecule has 2 fully saturated rings. The second kappa shape index (κ2) is 12.3. The van der Waals surface area contributed by atoms with E-state index in [4.69, 9.17) is 14.2 Å². The van der Waals surface area contributed by atoms with Crippen molar-refractivity contribution in [1.82, 2.24) is 9.03 Å². The molecule has 1 N–H and O–H groups in total. The summed E-state index contributed by atoms with van der Waals surface area (Å²) in [6.07, 6.45) is 5.36. The molecule has 1 aliphatic carbocycles. The third-order valence-corrected chi connectivity index (χ3v) is 10.8. The Bertz CT molecular complexity index is 1290. The molecule has 1 heterocycles.